The van der Waals surface area contributed by atoms with Crippen LogP contribution >= 0.6 is 0 Å². The molecule has 0 aromatic heterocycles. The van der Waals surface area contributed by atoms with Gasteiger partial charge in [0, 0.05) is 30.2 Å². The number of carboxylic acid groups (broad SMARTS) is 1. The van der Waals surface area contributed by atoms with Crippen molar-refractivity contribution in [3.05, 3.63) is 30.3 Å². The Bertz CT molecular complexity index is 596. The molecule has 6 heteroatoms. The highest BCUT2D eigenvalue weighted by molar-refractivity contribution is 7.85. The molecular weight excluding hydrogens is 374 g/mol. The Balaban J connectivity index is 2.87. The van der Waals surface area contributed by atoms with Crippen LogP contribution < -0.4 is 0 Å². The third-order valence-electron chi connectivity index (χ3n) is 4.79. The van der Waals surface area contributed by atoms with Crippen LogP contribution in [0.5, 0.6) is 0 Å². The Hall–Kier alpha value is -1.69. The fourth-order valence-electron chi connectivity index (χ4n) is 3.12. The van der Waals surface area contributed by atoms with Crippen LogP contribution in [-0.2, 0) is 20.4 Å². The number of nitrogens with zero attached hydrogens (tertiary/aromatic N) is 1. The van der Waals surface area contributed by atoms with Crippen molar-refractivity contribution in [2.45, 2.75) is 70.1 Å². The van der Waals surface area contributed by atoms with E-state index in [0.29, 0.717) is 18.0 Å². The average molecular weight is 410 g/mol. The predicted octanol–water partition coefficient (Wildman–Crippen LogP) is 4.48. The van der Waals surface area contributed by atoms with Gasteiger partial charge in [0.25, 0.3) is 0 Å². The first-order valence-corrected chi connectivity index (χ1v) is 11.7. The first-order chi connectivity index (χ1) is 13.5. The Morgan fingerprint density at radius 2 is 1.57 bits per heavy atom. The molecule has 28 heavy (non-hydrogen) atoms. The number of carboxylic acids is 1. The second kappa shape index (κ2) is 14.3. The lowest BCUT2D eigenvalue weighted by Gasteiger charge is -2.27. The average Bonchev–Trinajstić information content (AvgIpc) is 2.70. The molecule has 2 atom stereocenters. The minimum absolute atomic E-state index is 0.0438. The van der Waals surface area contributed by atoms with Gasteiger partial charge in [-0.15, -0.1) is 0 Å². The van der Waals surface area contributed by atoms with Gasteiger partial charge < -0.3 is 10.0 Å². The zero-order valence-electron chi connectivity index (χ0n) is 17.3. The van der Waals surface area contributed by atoms with Gasteiger partial charge in [0.1, 0.15) is 0 Å². The van der Waals surface area contributed by atoms with Gasteiger partial charge in [-0.2, -0.15) is 0 Å². The minimum atomic E-state index is -1.32. The lowest BCUT2D eigenvalue weighted by molar-refractivity contribution is -0.138. The van der Waals surface area contributed by atoms with Crippen molar-refractivity contribution < 1.29 is 18.9 Å². The van der Waals surface area contributed by atoms with Crippen LogP contribution in [0.2, 0.25) is 0 Å². The first-order valence-electron chi connectivity index (χ1n) is 10.4. The van der Waals surface area contributed by atoms with E-state index in [1.165, 1.54) is 0 Å². The van der Waals surface area contributed by atoms with Crippen molar-refractivity contribution in [1.82, 2.24) is 4.90 Å². The van der Waals surface area contributed by atoms with Crippen LogP contribution in [0.1, 0.15) is 65.2 Å². The number of rotatable bonds is 15. The molecular formula is C22H35NO4S. The number of benzene rings is 1. The van der Waals surface area contributed by atoms with Gasteiger partial charge in [0.05, 0.1) is 16.7 Å². The van der Waals surface area contributed by atoms with Crippen LogP contribution in [0.4, 0.5) is 0 Å². The molecule has 0 radical (unpaired) electrons. The summed E-state index contributed by atoms with van der Waals surface area (Å²) in [6.07, 6.45) is 6.32. The highest BCUT2D eigenvalue weighted by Gasteiger charge is 2.27. The molecule has 0 aliphatic heterocycles. The standard InChI is InChI=1S/C22H35NO4S/c1-3-5-10-16-23(17-11-6-4-2)22(26)19(14-15-21(24)25)18-28(27)20-12-8-7-9-13-20/h7-9,12-13,19H,3-6,10-11,14-18H2,1-2H3,(H,24,25). The van der Waals surface area contributed by atoms with Gasteiger partial charge in [0.2, 0.25) is 5.91 Å². The van der Waals surface area contributed by atoms with E-state index in [0.717, 1.165) is 38.5 Å². The van der Waals surface area contributed by atoms with E-state index in [2.05, 4.69) is 13.8 Å². The molecule has 0 heterocycles. The lowest BCUT2D eigenvalue weighted by atomic mass is 10.0. The molecule has 0 spiro atoms. The number of carbonyl (C=O) groups is 2. The molecule has 0 saturated carbocycles. The van der Waals surface area contributed by atoms with Gasteiger partial charge in [-0.25, -0.2) is 0 Å². The van der Waals surface area contributed by atoms with Gasteiger partial charge in [0.15, 0.2) is 0 Å². The SMILES string of the molecule is CCCCCN(CCCCC)C(=O)C(CCC(=O)O)CS(=O)c1ccccc1. The molecule has 1 amide bonds. The van der Waals surface area contributed by atoms with Gasteiger partial charge >= 0.3 is 5.97 Å². The van der Waals surface area contributed by atoms with Crippen LogP contribution in [0.15, 0.2) is 35.2 Å². The highest BCUT2D eigenvalue weighted by Crippen LogP contribution is 2.18. The molecule has 1 rings (SSSR count). The smallest absolute Gasteiger partial charge is 0.303 e. The van der Waals surface area contributed by atoms with Crippen molar-refractivity contribution in [3.63, 3.8) is 0 Å². The molecule has 158 valence electrons. The zero-order valence-corrected chi connectivity index (χ0v) is 18.1. The summed E-state index contributed by atoms with van der Waals surface area (Å²) in [7, 11) is -1.32. The van der Waals surface area contributed by atoms with E-state index in [1.54, 1.807) is 12.1 Å². The normalized spacial score (nSPS) is 13.1. The van der Waals surface area contributed by atoms with Crippen molar-refractivity contribution in [3.8, 4) is 0 Å². The Morgan fingerprint density at radius 3 is 2.07 bits per heavy atom. The van der Waals surface area contributed by atoms with Gasteiger partial charge in [-0.05, 0) is 31.4 Å². The van der Waals surface area contributed by atoms with Crippen molar-refractivity contribution in [1.29, 1.82) is 0 Å². The minimum Gasteiger partial charge on any atom is -0.481 e. The van der Waals surface area contributed by atoms with Crippen LogP contribution in [-0.4, -0.2) is 44.9 Å². The Morgan fingerprint density at radius 1 is 1.00 bits per heavy atom. The Labute approximate surface area is 172 Å². The lowest BCUT2D eigenvalue weighted by Crippen LogP contribution is -2.39. The largest absolute Gasteiger partial charge is 0.481 e. The maximum Gasteiger partial charge on any atom is 0.303 e. The van der Waals surface area contributed by atoms with E-state index >= 15 is 0 Å². The molecule has 0 saturated heterocycles. The number of unbranched alkanes of at least 4 members (excludes halogenated alkanes) is 4. The molecule has 0 aliphatic rings. The fourth-order valence-corrected chi connectivity index (χ4v) is 4.45. The summed E-state index contributed by atoms with van der Waals surface area (Å²) >= 11 is 0. The van der Waals surface area contributed by atoms with E-state index in [-0.39, 0.29) is 24.5 Å². The third kappa shape index (κ3) is 9.49. The first kappa shape index (κ1) is 24.3. The second-order valence-electron chi connectivity index (χ2n) is 7.19. The molecule has 2 unspecified atom stereocenters. The highest BCUT2D eigenvalue weighted by atomic mass is 32.2. The number of hydrogen-bond acceptors (Lipinski definition) is 3. The summed E-state index contributed by atoms with van der Waals surface area (Å²) in [6, 6.07) is 9.08. The predicted molar refractivity (Wildman–Crippen MR) is 114 cm³/mol. The summed E-state index contributed by atoms with van der Waals surface area (Å²) in [5.74, 6) is -1.32. The fraction of sp³-hybridized carbons (Fsp3) is 0.636. The van der Waals surface area contributed by atoms with Crippen LogP contribution in [0.3, 0.4) is 0 Å². The van der Waals surface area contributed by atoms with Crippen LogP contribution in [0.25, 0.3) is 0 Å². The van der Waals surface area contributed by atoms with Crippen molar-refractivity contribution in [2.75, 3.05) is 18.8 Å². The van der Waals surface area contributed by atoms with Gasteiger partial charge in [-0.3, -0.25) is 13.8 Å². The van der Waals surface area contributed by atoms with E-state index < -0.39 is 22.7 Å². The van der Waals surface area contributed by atoms with E-state index in [9.17, 15) is 13.8 Å². The molecule has 1 aromatic rings. The van der Waals surface area contributed by atoms with Crippen molar-refractivity contribution >= 4 is 22.7 Å². The number of hydrogen-bond donors (Lipinski definition) is 1. The topological polar surface area (TPSA) is 74.7 Å². The molecule has 1 N–H and O–H groups in total. The van der Waals surface area contributed by atoms with Crippen molar-refractivity contribution in [2.24, 2.45) is 5.92 Å². The van der Waals surface area contributed by atoms with Crippen LogP contribution in [0, 0.1) is 5.92 Å². The monoisotopic (exact) mass is 409 g/mol. The summed E-state index contributed by atoms with van der Waals surface area (Å²) in [6.45, 7) is 5.64. The van der Waals surface area contributed by atoms with E-state index in [1.807, 2.05) is 23.1 Å². The zero-order chi connectivity index (χ0) is 20.8. The molecule has 1 aromatic carbocycles. The second-order valence-corrected chi connectivity index (χ2v) is 8.69. The molecule has 0 bridgehead atoms. The van der Waals surface area contributed by atoms with Gasteiger partial charge in [-0.1, -0.05) is 57.7 Å². The summed E-state index contributed by atoms with van der Waals surface area (Å²) in [5.41, 5.74) is 0. The summed E-state index contributed by atoms with van der Waals surface area (Å²) in [4.78, 5) is 26.8. The molecule has 0 fully saturated rings. The van der Waals surface area contributed by atoms with E-state index in [4.69, 9.17) is 5.11 Å². The Kier molecular flexibility index (Phi) is 12.5. The summed E-state index contributed by atoms with van der Waals surface area (Å²) < 4.78 is 12.7. The maximum absolute atomic E-state index is 13.2. The number of aliphatic carboxylic acids is 1. The quantitative estimate of drug-likeness (QED) is 0.433. The molecule has 5 nitrogen and oxygen atoms in total. The summed E-state index contributed by atoms with van der Waals surface area (Å²) in [5, 5.41) is 9.08. The maximum atomic E-state index is 13.2. The number of carbonyl (C=O) groups excluding carboxylic acids is 1. The third-order valence-corrected chi connectivity index (χ3v) is 6.29. The molecule has 0 aliphatic carbocycles. The number of amides is 1.